The van der Waals surface area contributed by atoms with Gasteiger partial charge in [-0.1, -0.05) is 59.8 Å². The van der Waals surface area contributed by atoms with Crippen molar-refractivity contribution in [1.82, 2.24) is 10.1 Å². The van der Waals surface area contributed by atoms with Crippen LogP contribution in [0.4, 0.5) is 0 Å². The highest BCUT2D eigenvalue weighted by Gasteiger charge is 2.12. The van der Waals surface area contributed by atoms with Gasteiger partial charge in [0, 0.05) is 5.56 Å². The maximum atomic E-state index is 11.9. The summed E-state index contributed by atoms with van der Waals surface area (Å²) >= 11 is 0. The first-order valence-electron chi connectivity index (χ1n) is 7.30. The second-order valence-electron chi connectivity index (χ2n) is 5.14. The Bertz CT molecular complexity index is 797. The monoisotopic (exact) mass is 308 g/mol. The Balaban J connectivity index is 1.58. The topological polar surface area (TPSA) is 65.2 Å². The van der Waals surface area contributed by atoms with E-state index in [4.69, 9.17) is 9.26 Å². The average molecular weight is 308 g/mol. The average Bonchev–Trinajstić information content (AvgIpc) is 3.05. The van der Waals surface area contributed by atoms with Crippen LogP contribution in [0.25, 0.3) is 11.4 Å². The van der Waals surface area contributed by atoms with E-state index in [-0.39, 0.29) is 24.9 Å². The molecule has 0 radical (unpaired) electrons. The number of ether oxygens (including phenoxy) is 1. The van der Waals surface area contributed by atoms with E-state index in [1.165, 1.54) is 0 Å². The molecule has 3 aromatic rings. The molecule has 0 atom stereocenters. The molecular weight excluding hydrogens is 292 g/mol. The van der Waals surface area contributed by atoms with Crippen molar-refractivity contribution in [3.63, 3.8) is 0 Å². The van der Waals surface area contributed by atoms with Gasteiger partial charge in [-0.2, -0.15) is 4.98 Å². The van der Waals surface area contributed by atoms with Gasteiger partial charge in [-0.25, -0.2) is 0 Å². The van der Waals surface area contributed by atoms with Gasteiger partial charge in [0.15, 0.2) is 6.61 Å². The zero-order valence-electron chi connectivity index (χ0n) is 12.7. The number of benzene rings is 2. The summed E-state index contributed by atoms with van der Waals surface area (Å²) in [6.07, 6.45) is 0.229. The zero-order valence-corrected chi connectivity index (χ0v) is 12.7. The SMILES string of the molecule is Cc1ccccc1CC(=O)OCc1nc(-c2ccccc2)no1. The number of rotatable bonds is 5. The van der Waals surface area contributed by atoms with Crippen molar-refractivity contribution >= 4 is 5.97 Å². The highest BCUT2D eigenvalue weighted by atomic mass is 16.6. The smallest absolute Gasteiger partial charge is 0.310 e. The molecule has 23 heavy (non-hydrogen) atoms. The molecule has 0 aliphatic rings. The highest BCUT2D eigenvalue weighted by Crippen LogP contribution is 2.15. The molecule has 2 aromatic carbocycles. The summed E-state index contributed by atoms with van der Waals surface area (Å²) in [5.74, 6) is 0.441. The molecule has 0 saturated carbocycles. The number of hydrogen-bond donors (Lipinski definition) is 0. The predicted molar refractivity (Wildman–Crippen MR) is 84.4 cm³/mol. The van der Waals surface area contributed by atoms with Gasteiger partial charge in [0.1, 0.15) is 0 Å². The fourth-order valence-electron chi connectivity index (χ4n) is 2.18. The maximum absolute atomic E-state index is 11.9. The van der Waals surface area contributed by atoms with Gasteiger partial charge in [-0.3, -0.25) is 4.79 Å². The van der Waals surface area contributed by atoms with Crippen LogP contribution >= 0.6 is 0 Å². The molecule has 1 heterocycles. The second-order valence-corrected chi connectivity index (χ2v) is 5.14. The third-order valence-corrected chi connectivity index (χ3v) is 3.45. The van der Waals surface area contributed by atoms with Crippen molar-refractivity contribution < 1.29 is 14.1 Å². The van der Waals surface area contributed by atoms with Crippen LogP contribution in [0.5, 0.6) is 0 Å². The van der Waals surface area contributed by atoms with E-state index in [0.717, 1.165) is 16.7 Å². The van der Waals surface area contributed by atoms with Gasteiger partial charge in [-0.05, 0) is 18.1 Å². The number of aryl methyl sites for hydroxylation is 1. The van der Waals surface area contributed by atoms with Gasteiger partial charge < -0.3 is 9.26 Å². The summed E-state index contributed by atoms with van der Waals surface area (Å²) in [4.78, 5) is 16.1. The van der Waals surface area contributed by atoms with Crippen molar-refractivity contribution in [2.75, 3.05) is 0 Å². The van der Waals surface area contributed by atoms with E-state index >= 15 is 0 Å². The molecule has 0 saturated heterocycles. The molecule has 0 fully saturated rings. The van der Waals surface area contributed by atoms with E-state index in [2.05, 4.69) is 10.1 Å². The Morgan fingerprint density at radius 3 is 2.61 bits per heavy atom. The number of carbonyl (C=O) groups excluding carboxylic acids is 1. The molecule has 0 spiro atoms. The van der Waals surface area contributed by atoms with Gasteiger partial charge in [-0.15, -0.1) is 0 Å². The Kier molecular flexibility index (Phi) is 4.47. The van der Waals surface area contributed by atoms with Crippen molar-refractivity contribution in [3.05, 3.63) is 71.6 Å². The largest absolute Gasteiger partial charge is 0.455 e. The predicted octanol–water partition coefficient (Wildman–Crippen LogP) is 3.33. The van der Waals surface area contributed by atoms with Crippen LogP contribution in [-0.4, -0.2) is 16.1 Å². The van der Waals surface area contributed by atoms with Gasteiger partial charge in [0.05, 0.1) is 6.42 Å². The lowest BCUT2D eigenvalue weighted by molar-refractivity contribution is -0.144. The number of nitrogens with zero attached hydrogens (tertiary/aromatic N) is 2. The minimum Gasteiger partial charge on any atom is -0.455 e. The number of esters is 1. The van der Waals surface area contributed by atoms with Crippen molar-refractivity contribution in [2.45, 2.75) is 20.0 Å². The molecule has 5 heteroatoms. The van der Waals surface area contributed by atoms with Gasteiger partial charge in [0.2, 0.25) is 5.82 Å². The van der Waals surface area contributed by atoms with Gasteiger partial charge >= 0.3 is 5.97 Å². The van der Waals surface area contributed by atoms with E-state index in [1.807, 2.05) is 61.5 Å². The molecule has 3 rings (SSSR count). The Morgan fingerprint density at radius 2 is 1.83 bits per heavy atom. The molecule has 0 unspecified atom stereocenters. The van der Waals surface area contributed by atoms with Crippen LogP contribution in [0.2, 0.25) is 0 Å². The van der Waals surface area contributed by atoms with Crippen LogP contribution in [0.15, 0.2) is 59.1 Å². The minimum absolute atomic E-state index is 0.0233. The second kappa shape index (κ2) is 6.87. The lowest BCUT2D eigenvalue weighted by Gasteiger charge is -2.04. The lowest BCUT2D eigenvalue weighted by atomic mass is 10.1. The summed E-state index contributed by atoms with van der Waals surface area (Å²) in [7, 11) is 0. The molecule has 0 aliphatic heterocycles. The normalized spacial score (nSPS) is 10.5. The van der Waals surface area contributed by atoms with Crippen LogP contribution in [0.1, 0.15) is 17.0 Å². The van der Waals surface area contributed by atoms with Crippen LogP contribution in [0, 0.1) is 6.92 Å². The van der Waals surface area contributed by atoms with Gasteiger partial charge in [0.25, 0.3) is 5.89 Å². The third kappa shape index (κ3) is 3.83. The first-order chi connectivity index (χ1) is 11.2. The number of carbonyl (C=O) groups is 1. The Labute approximate surface area is 133 Å². The molecule has 5 nitrogen and oxygen atoms in total. The molecule has 0 bridgehead atoms. The first kappa shape index (κ1) is 15.0. The quantitative estimate of drug-likeness (QED) is 0.676. The summed E-state index contributed by atoms with van der Waals surface area (Å²) in [6.45, 7) is 1.94. The molecule has 0 amide bonds. The third-order valence-electron chi connectivity index (χ3n) is 3.45. The standard InChI is InChI=1S/C18H16N2O3/c1-13-7-5-6-10-15(13)11-17(21)22-12-16-19-18(20-23-16)14-8-3-2-4-9-14/h2-10H,11-12H2,1H3. The van der Waals surface area contributed by atoms with E-state index in [0.29, 0.717) is 5.82 Å². The maximum Gasteiger partial charge on any atom is 0.310 e. The summed E-state index contributed by atoms with van der Waals surface area (Å²) in [5.41, 5.74) is 2.87. The van der Waals surface area contributed by atoms with Crippen LogP contribution in [0.3, 0.4) is 0 Å². The van der Waals surface area contributed by atoms with Crippen LogP contribution < -0.4 is 0 Å². The van der Waals surface area contributed by atoms with Crippen molar-refractivity contribution in [1.29, 1.82) is 0 Å². The summed E-state index contributed by atoms with van der Waals surface area (Å²) in [6, 6.07) is 17.2. The first-order valence-corrected chi connectivity index (χ1v) is 7.30. The molecule has 0 aliphatic carbocycles. The molecule has 1 aromatic heterocycles. The fraction of sp³-hybridized carbons (Fsp3) is 0.167. The Hall–Kier alpha value is -2.95. The van der Waals surface area contributed by atoms with E-state index in [9.17, 15) is 4.79 Å². The van der Waals surface area contributed by atoms with E-state index < -0.39 is 0 Å². The number of aromatic nitrogens is 2. The molecule has 0 N–H and O–H groups in total. The van der Waals surface area contributed by atoms with E-state index in [1.54, 1.807) is 0 Å². The van der Waals surface area contributed by atoms with Crippen LogP contribution in [-0.2, 0) is 22.6 Å². The Morgan fingerprint density at radius 1 is 1.09 bits per heavy atom. The summed E-state index contributed by atoms with van der Waals surface area (Å²) < 4.78 is 10.3. The van der Waals surface area contributed by atoms with Crippen molar-refractivity contribution in [2.24, 2.45) is 0 Å². The number of hydrogen-bond acceptors (Lipinski definition) is 5. The summed E-state index contributed by atoms with van der Waals surface area (Å²) in [5, 5.41) is 3.89. The fourth-order valence-corrected chi connectivity index (χ4v) is 2.18. The highest BCUT2D eigenvalue weighted by molar-refractivity contribution is 5.73. The lowest BCUT2D eigenvalue weighted by Crippen LogP contribution is -2.09. The van der Waals surface area contributed by atoms with Crippen molar-refractivity contribution in [3.8, 4) is 11.4 Å². The minimum atomic E-state index is -0.321. The molecule has 116 valence electrons. The molecular formula is C18H16N2O3. The zero-order chi connectivity index (χ0) is 16.1.